The van der Waals surface area contributed by atoms with Gasteiger partial charge in [0.15, 0.2) is 5.78 Å². The van der Waals surface area contributed by atoms with Gasteiger partial charge in [-0.3, -0.25) is 4.79 Å². The summed E-state index contributed by atoms with van der Waals surface area (Å²) < 4.78 is 0. The number of rotatable bonds is 3. The highest BCUT2D eigenvalue weighted by atomic mass is 16.1. The smallest absolute Gasteiger partial charge is 0.163 e. The number of carbonyl (C=O) groups is 1. The molecule has 2 aromatic rings. The first-order valence-electron chi connectivity index (χ1n) is 7.62. The van der Waals surface area contributed by atoms with Crippen molar-refractivity contribution in [2.45, 2.75) is 38.5 Å². The fourth-order valence-corrected chi connectivity index (χ4v) is 3.22. The molecule has 2 aromatic carbocycles. The Balaban J connectivity index is 1.81. The predicted octanol–water partition coefficient (Wildman–Crippen LogP) is 4.27. The maximum atomic E-state index is 12.5. The minimum atomic E-state index is 0.198. The predicted molar refractivity (Wildman–Crippen MR) is 86.7 cm³/mol. The van der Waals surface area contributed by atoms with Crippen LogP contribution in [0.3, 0.4) is 0 Å². The topological polar surface area (TPSA) is 43.1 Å². The van der Waals surface area contributed by atoms with Crippen LogP contribution in [0.5, 0.6) is 0 Å². The summed E-state index contributed by atoms with van der Waals surface area (Å²) >= 11 is 0. The van der Waals surface area contributed by atoms with E-state index in [9.17, 15) is 4.79 Å². The molecule has 108 valence electrons. The van der Waals surface area contributed by atoms with Crippen molar-refractivity contribution < 1.29 is 4.79 Å². The Kier molecular flexibility index (Phi) is 3.78. The molecule has 0 aromatic heterocycles. The van der Waals surface area contributed by atoms with Crippen LogP contribution in [-0.2, 0) is 6.42 Å². The molecule has 0 radical (unpaired) electrons. The van der Waals surface area contributed by atoms with Crippen molar-refractivity contribution in [3.63, 3.8) is 0 Å². The highest BCUT2D eigenvalue weighted by molar-refractivity contribution is 5.97. The normalized spacial score (nSPS) is 17.3. The Hall–Kier alpha value is -2.09. The van der Waals surface area contributed by atoms with Crippen LogP contribution in [0.15, 0.2) is 42.5 Å². The highest BCUT2D eigenvalue weighted by Crippen LogP contribution is 2.34. The summed E-state index contributed by atoms with van der Waals surface area (Å²) in [5, 5.41) is 0. The second-order valence-electron chi connectivity index (χ2n) is 5.99. The minimum absolute atomic E-state index is 0.198. The molecule has 0 saturated carbocycles. The molecular formula is C19H21NO. The Morgan fingerprint density at radius 3 is 2.86 bits per heavy atom. The molecule has 2 N–H and O–H groups in total. The van der Waals surface area contributed by atoms with Crippen LogP contribution < -0.4 is 5.73 Å². The van der Waals surface area contributed by atoms with Crippen molar-refractivity contribution in [2.24, 2.45) is 0 Å². The van der Waals surface area contributed by atoms with Crippen molar-refractivity contribution in [1.29, 1.82) is 0 Å². The van der Waals surface area contributed by atoms with Crippen molar-refractivity contribution >= 4 is 11.5 Å². The van der Waals surface area contributed by atoms with Gasteiger partial charge in [-0.05, 0) is 54.9 Å². The second kappa shape index (κ2) is 5.72. The van der Waals surface area contributed by atoms with Crippen LogP contribution >= 0.6 is 0 Å². The number of carbonyl (C=O) groups excluding carboxylic acids is 1. The van der Waals surface area contributed by atoms with Crippen LogP contribution in [-0.4, -0.2) is 5.78 Å². The molecule has 3 rings (SSSR count). The maximum Gasteiger partial charge on any atom is 0.163 e. The van der Waals surface area contributed by atoms with E-state index in [0.717, 1.165) is 24.0 Å². The second-order valence-corrected chi connectivity index (χ2v) is 5.99. The van der Waals surface area contributed by atoms with E-state index in [2.05, 4.69) is 24.3 Å². The molecule has 0 spiro atoms. The number of anilines is 1. The summed E-state index contributed by atoms with van der Waals surface area (Å²) in [6.45, 7) is 1.96. The zero-order chi connectivity index (χ0) is 14.8. The fourth-order valence-electron chi connectivity index (χ4n) is 3.22. The van der Waals surface area contributed by atoms with E-state index in [-0.39, 0.29) is 5.78 Å². The first-order valence-corrected chi connectivity index (χ1v) is 7.62. The van der Waals surface area contributed by atoms with Gasteiger partial charge in [-0.2, -0.15) is 0 Å². The molecular weight excluding hydrogens is 258 g/mol. The third-order valence-corrected chi connectivity index (χ3v) is 4.53. The zero-order valence-electron chi connectivity index (χ0n) is 12.4. The van der Waals surface area contributed by atoms with Crippen LogP contribution in [0, 0.1) is 6.92 Å². The number of hydrogen-bond donors (Lipinski definition) is 1. The molecule has 0 saturated heterocycles. The molecule has 0 aliphatic heterocycles. The molecule has 0 heterocycles. The third-order valence-electron chi connectivity index (χ3n) is 4.53. The molecule has 0 fully saturated rings. The molecule has 0 bridgehead atoms. The summed E-state index contributed by atoms with van der Waals surface area (Å²) in [5.74, 6) is 0.549. The molecule has 1 aliphatic rings. The standard InChI is InChI=1S/C19H21NO/c1-13-9-10-16(11-18(13)20)19(21)12-15-7-4-6-14-5-2-3-8-17(14)15/h2-3,5,8-11,15H,4,6-7,12,20H2,1H3. The fraction of sp³-hybridized carbons (Fsp3) is 0.316. The third kappa shape index (κ3) is 2.85. The average Bonchev–Trinajstić information content (AvgIpc) is 2.50. The number of Topliss-reactive ketones (excluding diaryl/α,β-unsaturated/α-hetero) is 1. The van der Waals surface area contributed by atoms with Crippen molar-refractivity contribution in [3.8, 4) is 0 Å². The Labute approximate surface area is 126 Å². The van der Waals surface area contributed by atoms with Crippen molar-refractivity contribution in [2.75, 3.05) is 5.73 Å². The largest absolute Gasteiger partial charge is 0.398 e. The summed E-state index contributed by atoms with van der Waals surface area (Å²) in [6, 6.07) is 14.2. The van der Waals surface area contributed by atoms with Gasteiger partial charge >= 0.3 is 0 Å². The number of nitrogen functional groups attached to an aromatic ring is 1. The number of ketones is 1. The lowest BCUT2D eigenvalue weighted by atomic mass is 9.79. The molecule has 21 heavy (non-hydrogen) atoms. The van der Waals surface area contributed by atoms with Crippen LogP contribution in [0.2, 0.25) is 0 Å². The lowest BCUT2D eigenvalue weighted by molar-refractivity contribution is 0.0971. The lowest BCUT2D eigenvalue weighted by Gasteiger charge is -2.25. The number of nitrogens with two attached hydrogens (primary N) is 1. The van der Waals surface area contributed by atoms with Gasteiger partial charge in [0.2, 0.25) is 0 Å². The number of hydrogen-bond acceptors (Lipinski definition) is 2. The molecule has 0 amide bonds. The SMILES string of the molecule is Cc1ccc(C(=O)CC2CCCc3ccccc32)cc1N. The van der Waals surface area contributed by atoms with Gasteiger partial charge in [0.05, 0.1) is 0 Å². The summed E-state index contributed by atoms with van der Waals surface area (Å²) in [7, 11) is 0. The zero-order valence-corrected chi connectivity index (χ0v) is 12.4. The van der Waals surface area contributed by atoms with Crippen molar-refractivity contribution in [3.05, 3.63) is 64.7 Å². The van der Waals surface area contributed by atoms with Gasteiger partial charge < -0.3 is 5.73 Å². The van der Waals surface area contributed by atoms with E-state index in [4.69, 9.17) is 5.73 Å². The molecule has 1 atom stereocenters. The number of benzene rings is 2. The Morgan fingerprint density at radius 2 is 2.05 bits per heavy atom. The molecule has 1 aliphatic carbocycles. The average molecular weight is 279 g/mol. The van der Waals surface area contributed by atoms with Gasteiger partial charge in [0, 0.05) is 17.7 Å². The van der Waals surface area contributed by atoms with Gasteiger partial charge in [-0.25, -0.2) is 0 Å². The van der Waals surface area contributed by atoms with Gasteiger partial charge in [-0.15, -0.1) is 0 Å². The van der Waals surface area contributed by atoms with Crippen molar-refractivity contribution in [1.82, 2.24) is 0 Å². The highest BCUT2D eigenvalue weighted by Gasteiger charge is 2.22. The minimum Gasteiger partial charge on any atom is -0.398 e. The van der Waals surface area contributed by atoms with E-state index in [0.29, 0.717) is 18.0 Å². The molecule has 2 heteroatoms. The van der Waals surface area contributed by atoms with E-state index >= 15 is 0 Å². The monoisotopic (exact) mass is 279 g/mol. The summed E-state index contributed by atoms with van der Waals surface area (Å²) in [5.41, 5.74) is 11.1. The Bertz CT molecular complexity index is 675. The first-order chi connectivity index (χ1) is 10.1. The lowest BCUT2D eigenvalue weighted by Crippen LogP contribution is -2.14. The first kappa shape index (κ1) is 13.9. The van der Waals surface area contributed by atoms with Crippen LogP contribution in [0.25, 0.3) is 0 Å². The van der Waals surface area contributed by atoms with Crippen LogP contribution in [0.4, 0.5) is 5.69 Å². The van der Waals surface area contributed by atoms with Gasteiger partial charge in [-0.1, -0.05) is 36.4 Å². The summed E-state index contributed by atoms with van der Waals surface area (Å²) in [4.78, 5) is 12.5. The van der Waals surface area contributed by atoms with E-state index in [1.165, 1.54) is 17.5 Å². The van der Waals surface area contributed by atoms with E-state index in [1.807, 2.05) is 25.1 Å². The van der Waals surface area contributed by atoms with E-state index in [1.54, 1.807) is 0 Å². The quantitative estimate of drug-likeness (QED) is 0.673. The van der Waals surface area contributed by atoms with Gasteiger partial charge in [0.25, 0.3) is 0 Å². The van der Waals surface area contributed by atoms with Gasteiger partial charge in [0.1, 0.15) is 0 Å². The number of aryl methyl sites for hydroxylation is 2. The Morgan fingerprint density at radius 1 is 1.24 bits per heavy atom. The molecule has 1 unspecified atom stereocenters. The van der Waals surface area contributed by atoms with E-state index < -0.39 is 0 Å². The summed E-state index contributed by atoms with van der Waals surface area (Å²) in [6.07, 6.45) is 3.99. The maximum absolute atomic E-state index is 12.5. The number of fused-ring (bicyclic) bond motifs is 1. The molecule has 2 nitrogen and oxygen atoms in total. The van der Waals surface area contributed by atoms with Crippen LogP contribution in [0.1, 0.15) is 52.2 Å².